The number of carbonyl (C=O) groups is 1. The second-order valence-electron chi connectivity index (χ2n) is 4.84. The number of aromatic nitrogens is 1. The summed E-state index contributed by atoms with van der Waals surface area (Å²) in [7, 11) is 0. The molecule has 0 atom stereocenters. The lowest BCUT2D eigenvalue weighted by molar-refractivity contribution is 0.141. The predicted octanol–water partition coefficient (Wildman–Crippen LogP) is 2.91. The normalized spacial score (nSPS) is 10.6. The lowest BCUT2D eigenvalue weighted by Gasteiger charge is -2.05. The van der Waals surface area contributed by atoms with Gasteiger partial charge < -0.3 is 15.8 Å². The highest BCUT2D eigenvalue weighted by Crippen LogP contribution is 2.07. The van der Waals surface area contributed by atoms with E-state index in [9.17, 15) is 4.79 Å². The molecular weight excluding hydrogens is 278 g/mol. The van der Waals surface area contributed by atoms with Crippen LogP contribution in [0.3, 0.4) is 0 Å². The fourth-order valence-electron chi connectivity index (χ4n) is 1.90. The number of nitrogens with zero attached hydrogens (tertiary/aromatic N) is 1. The number of amides is 1. The molecule has 1 aromatic heterocycles. The van der Waals surface area contributed by atoms with Gasteiger partial charge in [-0.05, 0) is 36.3 Å². The molecule has 0 unspecified atom stereocenters. The molecule has 0 saturated heterocycles. The van der Waals surface area contributed by atoms with Crippen molar-refractivity contribution in [3.63, 3.8) is 0 Å². The van der Waals surface area contributed by atoms with Crippen molar-refractivity contribution in [2.24, 2.45) is 0 Å². The van der Waals surface area contributed by atoms with Crippen molar-refractivity contribution in [3.05, 3.63) is 65.4 Å². The number of anilines is 1. The van der Waals surface area contributed by atoms with Crippen LogP contribution in [0.4, 0.5) is 10.6 Å². The van der Waals surface area contributed by atoms with Gasteiger partial charge in [-0.1, -0.05) is 36.4 Å². The van der Waals surface area contributed by atoms with E-state index in [2.05, 4.69) is 10.3 Å². The summed E-state index contributed by atoms with van der Waals surface area (Å²) in [4.78, 5) is 15.7. The van der Waals surface area contributed by atoms with E-state index >= 15 is 0 Å². The van der Waals surface area contributed by atoms with Crippen molar-refractivity contribution in [2.45, 2.75) is 13.5 Å². The molecule has 0 saturated carbocycles. The smallest absolute Gasteiger partial charge is 0.407 e. The van der Waals surface area contributed by atoms with E-state index in [4.69, 9.17) is 10.5 Å². The number of ether oxygens (including phenoxy) is 1. The Kier molecular flexibility index (Phi) is 5.54. The Bertz CT molecular complexity index is 634. The Hall–Kier alpha value is -2.82. The monoisotopic (exact) mass is 297 g/mol. The molecule has 22 heavy (non-hydrogen) atoms. The number of carbonyl (C=O) groups excluding carboxylic acids is 1. The van der Waals surface area contributed by atoms with Crippen molar-refractivity contribution in [1.82, 2.24) is 10.3 Å². The van der Waals surface area contributed by atoms with Gasteiger partial charge in [-0.25, -0.2) is 9.78 Å². The zero-order valence-electron chi connectivity index (χ0n) is 12.5. The molecular formula is C17H19N3O2. The first-order valence-corrected chi connectivity index (χ1v) is 6.99. The fraction of sp³-hybridized carbons (Fsp3) is 0.176. The lowest BCUT2D eigenvalue weighted by atomic mass is 10.2. The van der Waals surface area contributed by atoms with Gasteiger partial charge in [-0.2, -0.15) is 0 Å². The number of benzene rings is 1. The number of hydrogen-bond donors (Lipinski definition) is 2. The maximum atomic E-state index is 11.5. The number of nitrogen functional groups attached to an aromatic ring is 1. The quantitative estimate of drug-likeness (QED) is 0.889. The maximum Gasteiger partial charge on any atom is 0.407 e. The molecule has 0 spiro atoms. The van der Waals surface area contributed by atoms with Crippen molar-refractivity contribution in [3.8, 4) is 0 Å². The van der Waals surface area contributed by atoms with Crippen LogP contribution < -0.4 is 11.1 Å². The van der Waals surface area contributed by atoms with E-state index in [0.717, 1.165) is 16.8 Å². The SMILES string of the molecule is Cc1cc(N)nc(C=CCNC(=O)OCc2ccccc2)c1. The van der Waals surface area contributed by atoms with Crippen molar-refractivity contribution in [2.75, 3.05) is 12.3 Å². The van der Waals surface area contributed by atoms with Gasteiger partial charge in [0.25, 0.3) is 0 Å². The van der Waals surface area contributed by atoms with Crippen molar-refractivity contribution >= 4 is 18.0 Å². The van der Waals surface area contributed by atoms with Gasteiger partial charge in [0.05, 0.1) is 5.69 Å². The summed E-state index contributed by atoms with van der Waals surface area (Å²) in [6, 6.07) is 13.2. The second kappa shape index (κ2) is 7.83. The molecule has 2 rings (SSSR count). The molecule has 0 aliphatic carbocycles. The average Bonchev–Trinajstić information content (AvgIpc) is 2.50. The Labute approximate surface area is 129 Å². The van der Waals surface area contributed by atoms with Crippen molar-refractivity contribution in [1.29, 1.82) is 0 Å². The van der Waals surface area contributed by atoms with Crippen LogP contribution in [0.1, 0.15) is 16.8 Å². The third-order valence-corrected chi connectivity index (χ3v) is 2.87. The molecule has 0 bridgehead atoms. The van der Waals surface area contributed by atoms with Crippen LogP contribution in [0.15, 0.2) is 48.5 Å². The number of nitrogens with two attached hydrogens (primary N) is 1. The summed E-state index contributed by atoms with van der Waals surface area (Å²) in [5, 5.41) is 2.65. The highest BCUT2D eigenvalue weighted by Gasteiger charge is 2.00. The van der Waals surface area contributed by atoms with E-state index < -0.39 is 6.09 Å². The van der Waals surface area contributed by atoms with Crippen LogP contribution in [0, 0.1) is 6.92 Å². The molecule has 0 aliphatic rings. The van der Waals surface area contributed by atoms with E-state index in [0.29, 0.717) is 12.4 Å². The molecule has 5 heteroatoms. The first-order valence-electron chi connectivity index (χ1n) is 6.99. The van der Waals surface area contributed by atoms with Gasteiger partial charge in [0.1, 0.15) is 12.4 Å². The molecule has 5 nitrogen and oxygen atoms in total. The van der Waals surface area contributed by atoms with E-state index in [1.54, 1.807) is 18.2 Å². The van der Waals surface area contributed by atoms with Gasteiger partial charge in [0.15, 0.2) is 0 Å². The summed E-state index contributed by atoms with van der Waals surface area (Å²) in [6.45, 7) is 2.57. The van der Waals surface area contributed by atoms with Crippen LogP contribution in [0.5, 0.6) is 0 Å². The van der Waals surface area contributed by atoms with Gasteiger partial charge in [0.2, 0.25) is 0 Å². The first-order chi connectivity index (χ1) is 10.6. The molecule has 3 N–H and O–H groups in total. The first kappa shape index (κ1) is 15.6. The summed E-state index contributed by atoms with van der Waals surface area (Å²) < 4.78 is 5.10. The summed E-state index contributed by atoms with van der Waals surface area (Å²) in [6.07, 6.45) is 3.15. The third kappa shape index (κ3) is 5.28. The molecule has 1 amide bonds. The standard InChI is InChI=1S/C17H19N3O2/c1-13-10-15(20-16(18)11-13)8-5-9-19-17(21)22-12-14-6-3-2-4-7-14/h2-8,10-11H,9,12H2,1H3,(H2,18,20)(H,19,21). The van der Waals surface area contributed by atoms with Crippen LogP contribution in [-0.4, -0.2) is 17.6 Å². The number of rotatable bonds is 5. The molecule has 0 fully saturated rings. The summed E-state index contributed by atoms with van der Waals surface area (Å²) in [5.41, 5.74) is 8.43. The Morgan fingerprint density at radius 2 is 2.09 bits per heavy atom. The largest absolute Gasteiger partial charge is 0.445 e. The molecule has 1 aromatic carbocycles. The van der Waals surface area contributed by atoms with Gasteiger partial charge in [-0.15, -0.1) is 0 Å². The zero-order chi connectivity index (χ0) is 15.8. The average molecular weight is 297 g/mol. The highest BCUT2D eigenvalue weighted by molar-refractivity contribution is 5.67. The minimum absolute atomic E-state index is 0.256. The molecule has 114 valence electrons. The fourth-order valence-corrected chi connectivity index (χ4v) is 1.90. The molecule has 2 aromatic rings. The lowest BCUT2D eigenvalue weighted by Crippen LogP contribution is -2.24. The molecule has 0 aliphatic heterocycles. The van der Waals surface area contributed by atoms with Crippen LogP contribution >= 0.6 is 0 Å². The van der Waals surface area contributed by atoms with E-state index in [-0.39, 0.29) is 6.61 Å². The van der Waals surface area contributed by atoms with Gasteiger partial charge in [-0.3, -0.25) is 0 Å². The van der Waals surface area contributed by atoms with Gasteiger partial charge >= 0.3 is 6.09 Å². The van der Waals surface area contributed by atoms with Crippen LogP contribution in [0.2, 0.25) is 0 Å². The van der Waals surface area contributed by atoms with Crippen LogP contribution in [-0.2, 0) is 11.3 Å². The van der Waals surface area contributed by atoms with Crippen molar-refractivity contribution < 1.29 is 9.53 Å². The Morgan fingerprint density at radius 3 is 2.82 bits per heavy atom. The minimum atomic E-state index is -0.454. The predicted molar refractivity (Wildman–Crippen MR) is 87.1 cm³/mol. The third-order valence-electron chi connectivity index (χ3n) is 2.87. The van der Waals surface area contributed by atoms with E-state index in [1.165, 1.54) is 0 Å². The number of pyridine rings is 1. The minimum Gasteiger partial charge on any atom is -0.445 e. The van der Waals surface area contributed by atoms with Crippen LogP contribution in [0.25, 0.3) is 6.08 Å². The number of alkyl carbamates (subject to hydrolysis) is 1. The maximum absolute atomic E-state index is 11.5. The van der Waals surface area contributed by atoms with Gasteiger partial charge in [0, 0.05) is 6.54 Å². The molecule has 0 radical (unpaired) electrons. The topological polar surface area (TPSA) is 77.2 Å². The summed E-state index contributed by atoms with van der Waals surface area (Å²) >= 11 is 0. The Balaban J connectivity index is 1.73. The Morgan fingerprint density at radius 1 is 1.32 bits per heavy atom. The molecule has 1 heterocycles. The number of nitrogens with one attached hydrogen (secondary N) is 1. The number of aryl methyl sites for hydroxylation is 1. The number of hydrogen-bond acceptors (Lipinski definition) is 4. The highest BCUT2D eigenvalue weighted by atomic mass is 16.5. The second-order valence-corrected chi connectivity index (χ2v) is 4.84. The zero-order valence-corrected chi connectivity index (χ0v) is 12.5. The summed E-state index contributed by atoms with van der Waals surface area (Å²) in [5.74, 6) is 0.481. The van der Waals surface area contributed by atoms with E-state index in [1.807, 2.05) is 43.3 Å².